The SMILES string of the molecule is CSCCCC(O)C1(CN)Cc2ccccc2C1. The van der Waals surface area contributed by atoms with Crippen LogP contribution in [0.2, 0.25) is 0 Å². The summed E-state index contributed by atoms with van der Waals surface area (Å²) in [7, 11) is 0. The maximum atomic E-state index is 10.5. The van der Waals surface area contributed by atoms with Crippen molar-refractivity contribution in [1.82, 2.24) is 0 Å². The van der Waals surface area contributed by atoms with Crippen molar-refractivity contribution in [2.24, 2.45) is 11.1 Å². The molecule has 1 aromatic carbocycles. The monoisotopic (exact) mass is 265 g/mol. The molecule has 3 heteroatoms. The summed E-state index contributed by atoms with van der Waals surface area (Å²) in [6.07, 6.45) is 5.63. The quantitative estimate of drug-likeness (QED) is 0.775. The van der Waals surface area contributed by atoms with Crippen LogP contribution in [0.3, 0.4) is 0 Å². The van der Waals surface area contributed by atoms with E-state index in [4.69, 9.17) is 5.73 Å². The second-order valence-electron chi connectivity index (χ2n) is 5.34. The van der Waals surface area contributed by atoms with Crippen LogP contribution >= 0.6 is 11.8 Å². The largest absolute Gasteiger partial charge is 0.392 e. The molecule has 0 aliphatic heterocycles. The van der Waals surface area contributed by atoms with Gasteiger partial charge in [-0.15, -0.1) is 0 Å². The van der Waals surface area contributed by atoms with Gasteiger partial charge in [-0.3, -0.25) is 0 Å². The first-order valence-electron chi connectivity index (χ1n) is 6.66. The molecule has 0 saturated carbocycles. The van der Waals surface area contributed by atoms with E-state index in [1.54, 1.807) is 0 Å². The van der Waals surface area contributed by atoms with Gasteiger partial charge < -0.3 is 10.8 Å². The molecule has 1 aliphatic rings. The van der Waals surface area contributed by atoms with Gasteiger partial charge in [0.15, 0.2) is 0 Å². The van der Waals surface area contributed by atoms with Crippen LogP contribution in [-0.2, 0) is 12.8 Å². The molecule has 0 fully saturated rings. The third-order valence-corrected chi connectivity index (χ3v) is 4.84. The van der Waals surface area contributed by atoms with E-state index in [9.17, 15) is 5.11 Å². The van der Waals surface area contributed by atoms with Gasteiger partial charge in [0, 0.05) is 12.0 Å². The summed E-state index contributed by atoms with van der Waals surface area (Å²) in [4.78, 5) is 0. The van der Waals surface area contributed by atoms with Crippen molar-refractivity contribution in [3.8, 4) is 0 Å². The summed E-state index contributed by atoms with van der Waals surface area (Å²) in [6.45, 7) is 0.572. The topological polar surface area (TPSA) is 46.2 Å². The average Bonchev–Trinajstić information content (AvgIpc) is 2.78. The van der Waals surface area contributed by atoms with Crippen LogP contribution in [0.5, 0.6) is 0 Å². The molecule has 1 unspecified atom stereocenters. The molecule has 0 radical (unpaired) electrons. The van der Waals surface area contributed by atoms with Crippen molar-refractivity contribution < 1.29 is 5.11 Å². The smallest absolute Gasteiger partial charge is 0.0615 e. The molecule has 100 valence electrons. The van der Waals surface area contributed by atoms with Gasteiger partial charge >= 0.3 is 0 Å². The second-order valence-corrected chi connectivity index (χ2v) is 6.33. The summed E-state index contributed by atoms with van der Waals surface area (Å²) < 4.78 is 0. The van der Waals surface area contributed by atoms with Crippen LogP contribution in [0, 0.1) is 5.41 Å². The van der Waals surface area contributed by atoms with Crippen molar-refractivity contribution in [3.63, 3.8) is 0 Å². The van der Waals surface area contributed by atoms with Crippen LogP contribution < -0.4 is 5.73 Å². The zero-order chi connectivity index (χ0) is 13.0. The first-order chi connectivity index (χ1) is 8.72. The van der Waals surface area contributed by atoms with Gasteiger partial charge in [0.05, 0.1) is 6.10 Å². The first-order valence-corrected chi connectivity index (χ1v) is 8.05. The Hall–Kier alpha value is -0.510. The van der Waals surface area contributed by atoms with Gasteiger partial charge in [0.2, 0.25) is 0 Å². The highest BCUT2D eigenvalue weighted by Gasteiger charge is 2.41. The molecule has 0 spiro atoms. The molecule has 0 bridgehead atoms. The number of hydrogen-bond acceptors (Lipinski definition) is 3. The normalized spacial score (nSPS) is 18.6. The third-order valence-electron chi connectivity index (χ3n) is 4.14. The Balaban J connectivity index is 2.05. The van der Waals surface area contributed by atoms with E-state index in [2.05, 4.69) is 30.5 Å². The Labute approximate surface area is 114 Å². The average molecular weight is 265 g/mol. The highest BCUT2D eigenvalue weighted by atomic mass is 32.2. The van der Waals surface area contributed by atoms with E-state index in [0.717, 1.165) is 31.4 Å². The number of aliphatic hydroxyl groups is 1. The van der Waals surface area contributed by atoms with E-state index in [0.29, 0.717) is 6.54 Å². The maximum Gasteiger partial charge on any atom is 0.0615 e. The summed E-state index contributed by atoms with van der Waals surface area (Å²) in [6, 6.07) is 8.49. The van der Waals surface area contributed by atoms with Crippen LogP contribution in [-0.4, -0.2) is 29.8 Å². The minimum atomic E-state index is -0.276. The van der Waals surface area contributed by atoms with Crippen LogP contribution in [0.1, 0.15) is 24.0 Å². The number of rotatable bonds is 6. The zero-order valence-corrected chi connectivity index (χ0v) is 11.9. The van der Waals surface area contributed by atoms with E-state index in [1.165, 1.54) is 11.1 Å². The fraction of sp³-hybridized carbons (Fsp3) is 0.600. The molecule has 2 rings (SSSR count). The van der Waals surface area contributed by atoms with Crippen LogP contribution in [0.4, 0.5) is 0 Å². The molecule has 1 aromatic rings. The van der Waals surface area contributed by atoms with Crippen LogP contribution in [0.25, 0.3) is 0 Å². The van der Waals surface area contributed by atoms with Crippen molar-refractivity contribution >= 4 is 11.8 Å². The van der Waals surface area contributed by atoms with Gasteiger partial charge in [-0.25, -0.2) is 0 Å². The zero-order valence-electron chi connectivity index (χ0n) is 11.1. The van der Waals surface area contributed by atoms with Crippen LogP contribution in [0.15, 0.2) is 24.3 Å². The van der Waals surface area contributed by atoms with Gasteiger partial charge in [-0.1, -0.05) is 24.3 Å². The van der Waals surface area contributed by atoms with Gasteiger partial charge in [0.1, 0.15) is 0 Å². The summed E-state index contributed by atoms with van der Waals surface area (Å²) in [5.41, 5.74) is 8.60. The lowest BCUT2D eigenvalue weighted by Gasteiger charge is -2.33. The van der Waals surface area contributed by atoms with Gasteiger partial charge in [-0.05, 0) is 48.8 Å². The number of aliphatic hydroxyl groups excluding tert-OH is 1. The van der Waals surface area contributed by atoms with Gasteiger partial charge in [-0.2, -0.15) is 11.8 Å². The van der Waals surface area contributed by atoms with E-state index in [1.807, 2.05) is 11.8 Å². The highest BCUT2D eigenvalue weighted by Crippen LogP contribution is 2.40. The Morgan fingerprint density at radius 1 is 1.33 bits per heavy atom. The Morgan fingerprint density at radius 2 is 1.94 bits per heavy atom. The Kier molecular flexibility index (Phi) is 4.71. The third kappa shape index (κ3) is 2.73. The summed E-state index contributed by atoms with van der Waals surface area (Å²) in [5.74, 6) is 1.12. The summed E-state index contributed by atoms with van der Waals surface area (Å²) in [5, 5.41) is 10.5. The maximum absolute atomic E-state index is 10.5. The Morgan fingerprint density at radius 3 is 2.44 bits per heavy atom. The number of nitrogens with two attached hydrogens (primary N) is 1. The Bertz CT molecular complexity index is 369. The fourth-order valence-electron chi connectivity index (χ4n) is 2.97. The lowest BCUT2D eigenvalue weighted by atomic mass is 9.77. The lowest BCUT2D eigenvalue weighted by Crippen LogP contribution is -2.42. The second kappa shape index (κ2) is 6.09. The first kappa shape index (κ1) is 13.9. The molecule has 0 saturated heterocycles. The van der Waals surface area contributed by atoms with E-state index < -0.39 is 0 Å². The molecule has 18 heavy (non-hydrogen) atoms. The van der Waals surface area contributed by atoms with Crippen molar-refractivity contribution in [1.29, 1.82) is 0 Å². The molecule has 0 amide bonds. The molecule has 2 nitrogen and oxygen atoms in total. The summed E-state index contributed by atoms with van der Waals surface area (Å²) >= 11 is 1.84. The predicted octanol–water partition coefficient (Wildman–Crippen LogP) is 2.23. The molecular weight excluding hydrogens is 242 g/mol. The number of thioether (sulfide) groups is 1. The van der Waals surface area contributed by atoms with Crippen molar-refractivity contribution in [3.05, 3.63) is 35.4 Å². The number of fused-ring (bicyclic) bond motifs is 1. The lowest BCUT2D eigenvalue weighted by molar-refractivity contribution is 0.0301. The van der Waals surface area contributed by atoms with Gasteiger partial charge in [0.25, 0.3) is 0 Å². The molecule has 0 aromatic heterocycles. The number of hydrogen-bond donors (Lipinski definition) is 2. The predicted molar refractivity (Wildman–Crippen MR) is 79.0 cm³/mol. The van der Waals surface area contributed by atoms with E-state index in [-0.39, 0.29) is 11.5 Å². The number of benzene rings is 1. The molecule has 1 aliphatic carbocycles. The minimum absolute atomic E-state index is 0.123. The van der Waals surface area contributed by atoms with E-state index >= 15 is 0 Å². The van der Waals surface area contributed by atoms with Crippen molar-refractivity contribution in [2.45, 2.75) is 31.8 Å². The standard InChI is InChI=1S/C15H23NOS/c1-18-8-4-7-14(17)15(11-16)9-12-5-2-3-6-13(12)10-15/h2-3,5-6,14,17H,4,7-11,16H2,1H3. The molecule has 3 N–H and O–H groups in total. The molecule has 0 heterocycles. The minimum Gasteiger partial charge on any atom is -0.392 e. The molecular formula is C15H23NOS. The fourth-order valence-corrected chi connectivity index (χ4v) is 3.42. The van der Waals surface area contributed by atoms with Crippen molar-refractivity contribution in [2.75, 3.05) is 18.6 Å². The highest BCUT2D eigenvalue weighted by molar-refractivity contribution is 7.98. The molecule has 1 atom stereocenters.